The average Bonchev–Trinajstić information content (AvgIpc) is 1.60. The molecule has 0 bridgehead atoms. The molecule has 0 aliphatic heterocycles. The van der Waals surface area contributed by atoms with Gasteiger partial charge in [0.25, 0.3) is 0 Å². The van der Waals surface area contributed by atoms with Crippen LogP contribution in [0.4, 0.5) is 0 Å². The SMILES string of the molecule is C=C(N)C(=O)OC(C)(C)C. The van der Waals surface area contributed by atoms with Gasteiger partial charge in [0.2, 0.25) is 0 Å². The van der Waals surface area contributed by atoms with Crippen LogP contribution in [0, 0.1) is 0 Å². The summed E-state index contributed by atoms with van der Waals surface area (Å²) in [5.41, 5.74) is 4.53. The molecule has 0 aromatic heterocycles. The molecule has 0 saturated heterocycles. The number of carbonyl (C=O) groups excluding carboxylic acids is 1. The molecular weight excluding hydrogens is 130 g/mol. The summed E-state index contributed by atoms with van der Waals surface area (Å²) in [5.74, 6) is -0.549. The minimum atomic E-state index is -0.549. The lowest BCUT2D eigenvalue weighted by molar-refractivity contribution is -0.149. The normalized spacial score (nSPS) is 10.7. The summed E-state index contributed by atoms with van der Waals surface area (Å²) in [6, 6.07) is 0. The Kier molecular flexibility index (Phi) is 2.46. The fourth-order valence-electron chi connectivity index (χ4n) is 0.344. The lowest BCUT2D eigenvalue weighted by Crippen LogP contribution is -2.26. The largest absolute Gasteiger partial charge is 0.455 e. The number of ether oxygens (including phenoxy) is 1. The van der Waals surface area contributed by atoms with Gasteiger partial charge < -0.3 is 10.5 Å². The van der Waals surface area contributed by atoms with E-state index in [-0.39, 0.29) is 5.70 Å². The maximum Gasteiger partial charge on any atom is 0.354 e. The van der Waals surface area contributed by atoms with E-state index in [0.717, 1.165) is 0 Å². The Balaban J connectivity index is 3.93. The Morgan fingerprint density at radius 1 is 1.50 bits per heavy atom. The zero-order valence-electron chi connectivity index (χ0n) is 6.60. The molecule has 3 nitrogen and oxygen atoms in total. The molecule has 10 heavy (non-hydrogen) atoms. The number of rotatable bonds is 1. The van der Waals surface area contributed by atoms with E-state index in [4.69, 9.17) is 10.5 Å². The third kappa shape index (κ3) is 3.95. The first-order valence-electron chi connectivity index (χ1n) is 3.00. The maximum absolute atomic E-state index is 10.7. The first kappa shape index (κ1) is 9.01. The van der Waals surface area contributed by atoms with E-state index in [1.807, 2.05) is 0 Å². The van der Waals surface area contributed by atoms with Crippen molar-refractivity contribution in [2.24, 2.45) is 5.73 Å². The number of carbonyl (C=O) groups is 1. The van der Waals surface area contributed by atoms with Crippen LogP contribution in [0.5, 0.6) is 0 Å². The van der Waals surface area contributed by atoms with Gasteiger partial charge >= 0.3 is 5.97 Å². The maximum atomic E-state index is 10.7. The Morgan fingerprint density at radius 2 is 1.90 bits per heavy atom. The Labute approximate surface area is 60.9 Å². The van der Waals surface area contributed by atoms with Crippen LogP contribution in [0.15, 0.2) is 12.3 Å². The van der Waals surface area contributed by atoms with Crippen molar-refractivity contribution in [3.8, 4) is 0 Å². The molecule has 0 aromatic carbocycles. The van der Waals surface area contributed by atoms with Gasteiger partial charge in [0.05, 0.1) is 0 Å². The van der Waals surface area contributed by atoms with Gasteiger partial charge in [-0.3, -0.25) is 0 Å². The second-order valence-electron chi connectivity index (χ2n) is 3.03. The van der Waals surface area contributed by atoms with E-state index in [1.165, 1.54) is 0 Å². The van der Waals surface area contributed by atoms with Gasteiger partial charge in [-0.1, -0.05) is 6.58 Å². The second-order valence-corrected chi connectivity index (χ2v) is 3.03. The van der Waals surface area contributed by atoms with E-state index in [2.05, 4.69) is 6.58 Å². The average molecular weight is 143 g/mol. The molecule has 0 fully saturated rings. The molecule has 0 spiro atoms. The molecule has 3 heteroatoms. The summed E-state index contributed by atoms with van der Waals surface area (Å²) in [6.07, 6.45) is 0. The molecule has 0 saturated carbocycles. The number of hydrogen-bond donors (Lipinski definition) is 1. The predicted molar refractivity (Wildman–Crippen MR) is 39.2 cm³/mol. The Morgan fingerprint density at radius 3 is 2.00 bits per heavy atom. The molecule has 58 valence electrons. The Bertz CT molecular complexity index is 155. The second kappa shape index (κ2) is 2.73. The van der Waals surface area contributed by atoms with Gasteiger partial charge in [0.1, 0.15) is 11.3 Å². The first-order valence-corrected chi connectivity index (χ1v) is 3.00. The molecule has 0 amide bonds. The van der Waals surface area contributed by atoms with E-state index in [0.29, 0.717) is 0 Å². The third-order valence-electron chi connectivity index (χ3n) is 0.661. The lowest BCUT2D eigenvalue weighted by Gasteiger charge is -2.18. The number of esters is 1. The molecule has 0 atom stereocenters. The van der Waals surface area contributed by atoms with Crippen LogP contribution in [0.1, 0.15) is 20.8 Å². The van der Waals surface area contributed by atoms with Gasteiger partial charge in [0.15, 0.2) is 0 Å². The van der Waals surface area contributed by atoms with Crippen LogP contribution in [0.2, 0.25) is 0 Å². The summed E-state index contributed by atoms with van der Waals surface area (Å²) < 4.78 is 4.84. The summed E-state index contributed by atoms with van der Waals surface area (Å²) in [7, 11) is 0. The smallest absolute Gasteiger partial charge is 0.354 e. The first-order chi connectivity index (χ1) is 4.33. The number of hydrogen-bond acceptors (Lipinski definition) is 3. The molecule has 0 radical (unpaired) electrons. The van der Waals surface area contributed by atoms with Crippen molar-refractivity contribution in [2.45, 2.75) is 26.4 Å². The predicted octanol–water partition coefficient (Wildman–Crippen LogP) is 0.800. The van der Waals surface area contributed by atoms with Crippen LogP contribution in [-0.4, -0.2) is 11.6 Å². The summed E-state index contributed by atoms with van der Waals surface area (Å²) in [4.78, 5) is 10.7. The lowest BCUT2D eigenvalue weighted by atomic mass is 10.2. The standard InChI is InChI=1S/C7H13NO2/c1-5(8)6(9)10-7(2,3)4/h1,8H2,2-4H3. The highest BCUT2D eigenvalue weighted by Crippen LogP contribution is 2.07. The topological polar surface area (TPSA) is 52.3 Å². The van der Waals surface area contributed by atoms with E-state index < -0.39 is 11.6 Å². The van der Waals surface area contributed by atoms with Gasteiger partial charge in [-0.25, -0.2) is 4.79 Å². The molecule has 0 aromatic rings. The van der Waals surface area contributed by atoms with Crippen molar-refractivity contribution >= 4 is 5.97 Å². The van der Waals surface area contributed by atoms with Crippen molar-refractivity contribution in [1.29, 1.82) is 0 Å². The minimum Gasteiger partial charge on any atom is -0.455 e. The van der Waals surface area contributed by atoms with Gasteiger partial charge in [-0.2, -0.15) is 0 Å². The summed E-state index contributed by atoms with van der Waals surface area (Å²) in [6.45, 7) is 8.56. The minimum absolute atomic E-state index is 0.0603. The highest BCUT2D eigenvalue weighted by Gasteiger charge is 2.16. The third-order valence-corrected chi connectivity index (χ3v) is 0.661. The molecular formula is C7H13NO2. The van der Waals surface area contributed by atoms with E-state index in [1.54, 1.807) is 20.8 Å². The van der Waals surface area contributed by atoms with Gasteiger partial charge in [-0.05, 0) is 20.8 Å². The highest BCUT2D eigenvalue weighted by molar-refractivity contribution is 5.86. The van der Waals surface area contributed by atoms with Gasteiger partial charge in [-0.15, -0.1) is 0 Å². The zero-order chi connectivity index (χ0) is 8.36. The monoisotopic (exact) mass is 143 g/mol. The van der Waals surface area contributed by atoms with E-state index >= 15 is 0 Å². The highest BCUT2D eigenvalue weighted by atomic mass is 16.6. The number of nitrogens with two attached hydrogens (primary N) is 1. The Hall–Kier alpha value is -0.990. The summed E-state index contributed by atoms with van der Waals surface area (Å²) >= 11 is 0. The van der Waals surface area contributed by atoms with Crippen molar-refractivity contribution in [3.63, 3.8) is 0 Å². The van der Waals surface area contributed by atoms with Crippen molar-refractivity contribution in [1.82, 2.24) is 0 Å². The molecule has 0 aliphatic carbocycles. The molecule has 2 N–H and O–H groups in total. The molecule has 0 heterocycles. The molecule has 0 aliphatic rings. The van der Waals surface area contributed by atoms with Crippen LogP contribution >= 0.6 is 0 Å². The molecule has 0 rings (SSSR count). The van der Waals surface area contributed by atoms with Crippen molar-refractivity contribution < 1.29 is 9.53 Å². The fourth-order valence-corrected chi connectivity index (χ4v) is 0.344. The molecule has 0 unspecified atom stereocenters. The fraction of sp³-hybridized carbons (Fsp3) is 0.571. The van der Waals surface area contributed by atoms with Crippen molar-refractivity contribution in [3.05, 3.63) is 12.3 Å². The zero-order valence-corrected chi connectivity index (χ0v) is 6.60. The van der Waals surface area contributed by atoms with E-state index in [9.17, 15) is 4.79 Å². The van der Waals surface area contributed by atoms with Crippen LogP contribution < -0.4 is 5.73 Å². The van der Waals surface area contributed by atoms with Crippen LogP contribution in [-0.2, 0) is 9.53 Å². The van der Waals surface area contributed by atoms with Crippen LogP contribution in [0.3, 0.4) is 0 Å². The summed E-state index contributed by atoms with van der Waals surface area (Å²) in [5, 5.41) is 0. The quantitative estimate of drug-likeness (QED) is 0.436. The van der Waals surface area contributed by atoms with Crippen LogP contribution in [0.25, 0.3) is 0 Å². The van der Waals surface area contributed by atoms with Crippen molar-refractivity contribution in [2.75, 3.05) is 0 Å². The van der Waals surface area contributed by atoms with Gasteiger partial charge in [0, 0.05) is 0 Å².